The Bertz CT molecular complexity index is 571. The SMILES string of the molecule is O=C(O)c1ccc2c(c1)S(=O)(=O)OC2=O. The van der Waals surface area contributed by atoms with Crippen molar-refractivity contribution in [3.63, 3.8) is 0 Å². The first-order valence-corrected chi connectivity index (χ1v) is 5.19. The first kappa shape index (κ1) is 9.66. The van der Waals surface area contributed by atoms with E-state index in [9.17, 15) is 18.0 Å². The highest BCUT2D eigenvalue weighted by Crippen LogP contribution is 2.27. The topological polar surface area (TPSA) is 97.7 Å². The third-order valence-corrected chi connectivity index (χ3v) is 3.15. The number of fused-ring (bicyclic) bond motifs is 1. The lowest BCUT2D eigenvalue weighted by molar-refractivity contribution is 0.0694. The number of hydrogen-bond donors (Lipinski definition) is 1. The number of rotatable bonds is 1. The van der Waals surface area contributed by atoms with Crippen molar-refractivity contribution >= 4 is 22.1 Å². The van der Waals surface area contributed by atoms with E-state index in [4.69, 9.17) is 5.11 Å². The fourth-order valence-corrected chi connectivity index (χ4v) is 2.29. The molecular weight excluding hydrogens is 224 g/mol. The van der Waals surface area contributed by atoms with Crippen molar-refractivity contribution in [2.45, 2.75) is 4.90 Å². The van der Waals surface area contributed by atoms with Crippen LogP contribution < -0.4 is 0 Å². The van der Waals surface area contributed by atoms with E-state index < -0.39 is 27.0 Å². The highest BCUT2D eigenvalue weighted by atomic mass is 32.2. The predicted octanol–water partition coefficient (Wildman–Crippen LogP) is 0.244. The van der Waals surface area contributed by atoms with Crippen molar-refractivity contribution in [2.24, 2.45) is 0 Å². The highest BCUT2D eigenvalue weighted by Gasteiger charge is 2.35. The van der Waals surface area contributed by atoms with Crippen LogP contribution in [0.3, 0.4) is 0 Å². The fraction of sp³-hybridized carbons (Fsp3) is 0. The summed E-state index contributed by atoms with van der Waals surface area (Å²) in [6, 6.07) is 3.16. The van der Waals surface area contributed by atoms with Crippen LogP contribution in [0.15, 0.2) is 23.1 Å². The van der Waals surface area contributed by atoms with E-state index in [1.54, 1.807) is 0 Å². The van der Waals surface area contributed by atoms with E-state index >= 15 is 0 Å². The van der Waals surface area contributed by atoms with Gasteiger partial charge in [0.2, 0.25) is 0 Å². The molecule has 1 N–H and O–H groups in total. The monoisotopic (exact) mass is 228 g/mol. The quantitative estimate of drug-likeness (QED) is 0.691. The Hall–Kier alpha value is -1.89. The fourth-order valence-electron chi connectivity index (χ4n) is 1.22. The summed E-state index contributed by atoms with van der Waals surface area (Å²) in [6.07, 6.45) is 0. The van der Waals surface area contributed by atoms with Gasteiger partial charge in [0.1, 0.15) is 4.90 Å². The van der Waals surface area contributed by atoms with Crippen molar-refractivity contribution in [2.75, 3.05) is 0 Å². The molecule has 0 unspecified atom stereocenters. The van der Waals surface area contributed by atoms with E-state index in [0.29, 0.717) is 0 Å². The molecule has 1 aromatic rings. The Kier molecular flexibility index (Phi) is 1.80. The van der Waals surface area contributed by atoms with Gasteiger partial charge in [0.25, 0.3) is 0 Å². The molecule has 6 nitrogen and oxygen atoms in total. The smallest absolute Gasteiger partial charge is 0.355 e. The van der Waals surface area contributed by atoms with E-state index in [0.717, 1.165) is 18.2 Å². The van der Waals surface area contributed by atoms with E-state index in [1.165, 1.54) is 0 Å². The van der Waals surface area contributed by atoms with Gasteiger partial charge < -0.3 is 9.29 Å². The third-order valence-electron chi connectivity index (χ3n) is 1.90. The van der Waals surface area contributed by atoms with Gasteiger partial charge in [-0.2, -0.15) is 8.42 Å². The zero-order chi connectivity index (χ0) is 11.2. The summed E-state index contributed by atoms with van der Waals surface area (Å²) in [5.74, 6) is -2.26. The van der Waals surface area contributed by atoms with Gasteiger partial charge in [0.05, 0.1) is 11.1 Å². The van der Waals surface area contributed by atoms with Crippen molar-refractivity contribution < 1.29 is 27.3 Å². The van der Waals surface area contributed by atoms with Crippen molar-refractivity contribution in [3.05, 3.63) is 29.3 Å². The molecule has 0 bridgehead atoms. The van der Waals surface area contributed by atoms with E-state index in [2.05, 4.69) is 4.18 Å². The Balaban J connectivity index is 2.73. The predicted molar refractivity (Wildman–Crippen MR) is 46.0 cm³/mol. The first-order valence-electron chi connectivity index (χ1n) is 3.78. The second kappa shape index (κ2) is 2.80. The molecule has 0 radical (unpaired) electrons. The molecular formula is C8H4O6S. The van der Waals surface area contributed by atoms with Gasteiger partial charge in [-0.25, -0.2) is 9.59 Å². The maximum absolute atomic E-state index is 11.2. The van der Waals surface area contributed by atoms with Crippen LogP contribution in [0.25, 0.3) is 0 Å². The van der Waals surface area contributed by atoms with Crippen LogP contribution in [0.2, 0.25) is 0 Å². The third kappa shape index (κ3) is 1.37. The summed E-state index contributed by atoms with van der Waals surface area (Å²) in [5.41, 5.74) is -0.351. The second-order valence-electron chi connectivity index (χ2n) is 2.84. The van der Waals surface area contributed by atoms with Crippen LogP contribution >= 0.6 is 0 Å². The minimum atomic E-state index is -4.12. The molecule has 0 amide bonds. The molecule has 78 valence electrons. The highest BCUT2D eigenvalue weighted by molar-refractivity contribution is 7.87. The summed E-state index contributed by atoms with van der Waals surface area (Å²) in [5, 5.41) is 8.63. The molecule has 1 aliphatic heterocycles. The zero-order valence-corrected chi connectivity index (χ0v) is 7.95. The minimum Gasteiger partial charge on any atom is -0.478 e. The van der Waals surface area contributed by atoms with Crippen LogP contribution in [0.5, 0.6) is 0 Å². The Morgan fingerprint density at radius 2 is 2.00 bits per heavy atom. The molecule has 0 spiro atoms. The number of carboxylic acids is 1. The minimum absolute atomic E-state index is 0.139. The first-order chi connectivity index (χ1) is 6.92. The van der Waals surface area contributed by atoms with Gasteiger partial charge in [-0.3, -0.25) is 0 Å². The van der Waals surface area contributed by atoms with Gasteiger partial charge in [-0.15, -0.1) is 0 Å². The van der Waals surface area contributed by atoms with Gasteiger partial charge in [-0.05, 0) is 18.2 Å². The Morgan fingerprint density at radius 1 is 1.33 bits per heavy atom. The maximum Gasteiger partial charge on any atom is 0.355 e. The maximum atomic E-state index is 11.2. The second-order valence-corrected chi connectivity index (χ2v) is 4.36. The number of benzene rings is 1. The summed E-state index contributed by atoms with van der Waals surface area (Å²) >= 11 is 0. The van der Waals surface area contributed by atoms with Crippen molar-refractivity contribution in [3.8, 4) is 0 Å². The average molecular weight is 228 g/mol. The average Bonchev–Trinajstić information content (AvgIpc) is 2.37. The van der Waals surface area contributed by atoms with Gasteiger partial charge in [0, 0.05) is 0 Å². The molecule has 1 aliphatic rings. The van der Waals surface area contributed by atoms with Crippen LogP contribution in [0.4, 0.5) is 0 Å². The molecule has 0 fully saturated rings. The summed E-state index contributed by atoms with van der Waals surface area (Å²) in [7, 11) is -4.12. The number of hydrogen-bond acceptors (Lipinski definition) is 5. The zero-order valence-electron chi connectivity index (χ0n) is 7.13. The molecule has 1 heterocycles. The normalized spacial score (nSPS) is 16.9. The molecule has 1 aromatic carbocycles. The number of carboxylic acid groups (broad SMARTS) is 1. The molecule has 0 aromatic heterocycles. The summed E-state index contributed by atoms with van der Waals surface area (Å²) in [6.45, 7) is 0. The largest absolute Gasteiger partial charge is 0.478 e. The molecule has 7 heteroatoms. The standard InChI is InChI=1S/C8H4O6S/c9-7(10)4-1-2-5-6(3-4)15(12,13)14-8(5)11/h1-3H,(H,9,10). The lowest BCUT2D eigenvalue weighted by atomic mass is 10.1. The lowest BCUT2D eigenvalue weighted by Crippen LogP contribution is -2.01. The van der Waals surface area contributed by atoms with E-state index in [-0.39, 0.29) is 11.1 Å². The van der Waals surface area contributed by atoms with E-state index in [1.807, 2.05) is 0 Å². The molecule has 0 saturated carbocycles. The molecule has 2 rings (SSSR count). The van der Waals surface area contributed by atoms with Gasteiger partial charge >= 0.3 is 22.1 Å². The van der Waals surface area contributed by atoms with Crippen LogP contribution in [-0.2, 0) is 14.3 Å². The van der Waals surface area contributed by atoms with Crippen LogP contribution in [0, 0.1) is 0 Å². The Labute approximate surface area is 84.2 Å². The molecule has 0 saturated heterocycles. The van der Waals surface area contributed by atoms with Gasteiger partial charge in [-0.1, -0.05) is 0 Å². The number of carbonyl (C=O) groups is 2. The van der Waals surface area contributed by atoms with Crippen molar-refractivity contribution in [1.29, 1.82) is 0 Å². The summed E-state index contributed by atoms with van der Waals surface area (Å²) < 4.78 is 26.5. The van der Waals surface area contributed by atoms with Crippen molar-refractivity contribution in [1.82, 2.24) is 0 Å². The number of carbonyl (C=O) groups excluding carboxylic acids is 1. The van der Waals surface area contributed by atoms with Crippen LogP contribution in [-0.4, -0.2) is 25.5 Å². The summed E-state index contributed by atoms with van der Waals surface area (Å²) in [4.78, 5) is 21.2. The Morgan fingerprint density at radius 3 is 2.60 bits per heavy atom. The molecule has 0 aliphatic carbocycles. The number of aromatic carboxylic acids is 1. The lowest BCUT2D eigenvalue weighted by Gasteiger charge is -1.95. The molecule has 15 heavy (non-hydrogen) atoms. The molecule has 0 atom stereocenters. The van der Waals surface area contributed by atoms with Crippen LogP contribution in [0.1, 0.15) is 20.7 Å². The van der Waals surface area contributed by atoms with Gasteiger partial charge in [0.15, 0.2) is 0 Å².